The Morgan fingerprint density at radius 3 is 2.46 bits per heavy atom. The van der Waals surface area contributed by atoms with Crippen molar-refractivity contribution in [3.63, 3.8) is 0 Å². The molecule has 26 heavy (non-hydrogen) atoms. The predicted molar refractivity (Wildman–Crippen MR) is 103 cm³/mol. The van der Waals surface area contributed by atoms with E-state index in [1.165, 1.54) is 0 Å². The third-order valence-electron chi connectivity index (χ3n) is 4.28. The number of nitrogens with zero attached hydrogens (tertiary/aromatic N) is 1. The maximum Gasteiger partial charge on any atom is 0.230 e. The van der Waals surface area contributed by atoms with Crippen LogP contribution in [0.15, 0.2) is 65.1 Å². The molecule has 0 amide bonds. The van der Waals surface area contributed by atoms with E-state index in [4.69, 9.17) is 21.8 Å². The number of hydrogen-bond donors (Lipinski definition) is 1. The van der Waals surface area contributed by atoms with Gasteiger partial charge in [-0.15, -0.1) is 0 Å². The second-order valence-corrected chi connectivity index (χ2v) is 6.49. The number of fused-ring (bicyclic) bond motifs is 1. The van der Waals surface area contributed by atoms with Crippen LogP contribution in [-0.4, -0.2) is 10.8 Å². The normalized spacial score (nSPS) is 11.0. The number of ketones is 1. The predicted octanol–water partition coefficient (Wildman–Crippen LogP) is 5.27. The lowest BCUT2D eigenvalue weighted by Gasteiger charge is -2.03. The van der Waals surface area contributed by atoms with Crippen molar-refractivity contribution >= 4 is 34.2 Å². The summed E-state index contributed by atoms with van der Waals surface area (Å²) >= 11 is 5.88. The van der Waals surface area contributed by atoms with Crippen molar-refractivity contribution in [3.05, 3.63) is 82.6 Å². The third-order valence-corrected chi connectivity index (χ3v) is 4.53. The zero-order valence-corrected chi connectivity index (χ0v) is 14.7. The van der Waals surface area contributed by atoms with Gasteiger partial charge in [0.05, 0.1) is 16.8 Å². The first-order valence-corrected chi connectivity index (χ1v) is 8.47. The van der Waals surface area contributed by atoms with Gasteiger partial charge in [-0.1, -0.05) is 41.9 Å². The van der Waals surface area contributed by atoms with Gasteiger partial charge in [0.15, 0.2) is 0 Å². The van der Waals surface area contributed by atoms with Gasteiger partial charge in [-0.2, -0.15) is 0 Å². The largest absolute Gasteiger partial charge is 0.432 e. The number of hydrogen-bond acceptors (Lipinski definition) is 4. The van der Waals surface area contributed by atoms with Crippen LogP contribution >= 0.6 is 11.6 Å². The number of carbonyl (C=O) groups excluding carboxylic acids is 1. The fourth-order valence-electron chi connectivity index (χ4n) is 2.97. The topological polar surface area (TPSA) is 69.1 Å². The Bertz CT molecular complexity index is 1120. The quantitative estimate of drug-likeness (QED) is 0.504. The summed E-state index contributed by atoms with van der Waals surface area (Å²) in [4.78, 5) is 17.3. The van der Waals surface area contributed by atoms with E-state index in [1.54, 1.807) is 24.3 Å². The van der Waals surface area contributed by atoms with Crippen molar-refractivity contribution in [3.8, 4) is 11.3 Å². The number of aromatic nitrogens is 1. The Kier molecular flexibility index (Phi) is 3.98. The van der Waals surface area contributed by atoms with Gasteiger partial charge >= 0.3 is 0 Å². The van der Waals surface area contributed by atoms with Crippen LogP contribution in [0.2, 0.25) is 5.02 Å². The van der Waals surface area contributed by atoms with Gasteiger partial charge in [-0.25, -0.2) is 4.98 Å². The zero-order chi connectivity index (χ0) is 18.3. The SMILES string of the molecule is Cc1cc(-c2ccccc2)nc2oc(C(=O)c3ccc(Cl)cc3)c(N)c12. The van der Waals surface area contributed by atoms with E-state index in [0.717, 1.165) is 16.8 Å². The Hall–Kier alpha value is -3.11. The van der Waals surface area contributed by atoms with Crippen molar-refractivity contribution in [2.24, 2.45) is 0 Å². The molecule has 4 rings (SSSR count). The van der Waals surface area contributed by atoms with E-state index in [2.05, 4.69) is 4.98 Å². The maximum atomic E-state index is 12.8. The lowest BCUT2D eigenvalue weighted by atomic mass is 10.0. The van der Waals surface area contributed by atoms with Gasteiger partial charge in [0, 0.05) is 16.1 Å². The summed E-state index contributed by atoms with van der Waals surface area (Å²) < 4.78 is 5.77. The molecule has 0 saturated heterocycles. The first-order valence-electron chi connectivity index (χ1n) is 8.10. The highest BCUT2D eigenvalue weighted by Crippen LogP contribution is 2.33. The monoisotopic (exact) mass is 362 g/mol. The molecule has 0 aliphatic rings. The average Bonchev–Trinajstić information content (AvgIpc) is 2.99. The molecule has 0 aliphatic carbocycles. The molecule has 2 aromatic carbocycles. The smallest absolute Gasteiger partial charge is 0.230 e. The molecule has 0 radical (unpaired) electrons. The van der Waals surface area contributed by atoms with Crippen molar-refractivity contribution < 1.29 is 9.21 Å². The lowest BCUT2D eigenvalue weighted by Crippen LogP contribution is -2.02. The third kappa shape index (κ3) is 2.74. The van der Waals surface area contributed by atoms with Gasteiger partial charge in [0.1, 0.15) is 0 Å². The standard InChI is InChI=1S/C21H15ClN2O2/c1-12-11-16(13-5-3-2-4-6-13)24-21-17(12)18(23)20(26-21)19(25)14-7-9-15(22)10-8-14/h2-11H,23H2,1H3. The van der Waals surface area contributed by atoms with Gasteiger partial charge in [0.2, 0.25) is 17.3 Å². The van der Waals surface area contributed by atoms with E-state index in [9.17, 15) is 4.79 Å². The molecular formula is C21H15ClN2O2. The van der Waals surface area contributed by atoms with E-state index >= 15 is 0 Å². The summed E-state index contributed by atoms with van der Waals surface area (Å²) in [5, 5.41) is 1.23. The summed E-state index contributed by atoms with van der Waals surface area (Å²) in [6, 6.07) is 18.3. The first-order chi connectivity index (χ1) is 12.5. The van der Waals surface area contributed by atoms with Gasteiger partial charge in [-0.3, -0.25) is 4.79 Å². The molecule has 2 N–H and O–H groups in total. The van der Waals surface area contributed by atoms with Crippen LogP contribution in [0.4, 0.5) is 5.69 Å². The molecule has 0 bridgehead atoms. The number of carbonyl (C=O) groups is 1. The number of aryl methyl sites for hydroxylation is 1. The van der Waals surface area contributed by atoms with Gasteiger partial charge < -0.3 is 10.2 Å². The number of pyridine rings is 1. The number of furan rings is 1. The summed E-state index contributed by atoms with van der Waals surface area (Å²) in [6.07, 6.45) is 0. The van der Waals surface area contributed by atoms with Crippen molar-refractivity contribution in [2.75, 3.05) is 5.73 Å². The number of nitrogens with two attached hydrogens (primary N) is 1. The number of nitrogen functional groups attached to an aromatic ring is 1. The molecule has 0 fully saturated rings. The number of benzene rings is 2. The summed E-state index contributed by atoms with van der Waals surface area (Å²) in [6.45, 7) is 1.93. The number of rotatable bonds is 3. The molecule has 4 aromatic rings. The molecule has 2 aromatic heterocycles. The zero-order valence-electron chi connectivity index (χ0n) is 14.0. The van der Waals surface area contributed by atoms with Crippen LogP contribution in [0, 0.1) is 6.92 Å². The Balaban J connectivity index is 1.85. The minimum Gasteiger partial charge on any atom is -0.432 e. The maximum absolute atomic E-state index is 12.8. The second kappa shape index (κ2) is 6.32. The average molecular weight is 363 g/mol. The van der Waals surface area contributed by atoms with E-state index in [-0.39, 0.29) is 11.5 Å². The Labute approximate surface area is 155 Å². The summed E-state index contributed by atoms with van der Waals surface area (Å²) in [7, 11) is 0. The Morgan fingerprint density at radius 2 is 1.77 bits per heavy atom. The van der Waals surface area contributed by atoms with Gasteiger partial charge in [0.25, 0.3) is 0 Å². The second-order valence-electron chi connectivity index (χ2n) is 6.05. The van der Waals surface area contributed by atoms with Crippen LogP contribution in [0.5, 0.6) is 0 Å². The van der Waals surface area contributed by atoms with E-state index in [0.29, 0.717) is 27.4 Å². The van der Waals surface area contributed by atoms with Crippen LogP contribution in [0.3, 0.4) is 0 Å². The molecule has 0 saturated carbocycles. The first kappa shape index (κ1) is 16.4. The Morgan fingerprint density at radius 1 is 1.08 bits per heavy atom. The fraction of sp³-hybridized carbons (Fsp3) is 0.0476. The van der Waals surface area contributed by atoms with Crippen LogP contribution in [0.1, 0.15) is 21.7 Å². The van der Waals surface area contributed by atoms with E-state index in [1.807, 2.05) is 43.3 Å². The number of anilines is 1. The fourth-order valence-corrected chi connectivity index (χ4v) is 3.09. The van der Waals surface area contributed by atoms with Crippen LogP contribution in [-0.2, 0) is 0 Å². The summed E-state index contributed by atoms with van der Waals surface area (Å²) in [5.41, 5.74) is 10.00. The molecule has 0 spiro atoms. The minimum absolute atomic E-state index is 0.100. The van der Waals surface area contributed by atoms with Crippen LogP contribution in [0.25, 0.3) is 22.4 Å². The lowest BCUT2D eigenvalue weighted by molar-refractivity contribution is 0.101. The highest BCUT2D eigenvalue weighted by atomic mass is 35.5. The van der Waals surface area contributed by atoms with E-state index < -0.39 is 0 Å². The minimum atomic E-state index is -0.294. The van der Waals surface area contributed by atoms with Crippen molar-refractivity contribution in [1.29, 1.82) is 0 Å². The van der Waals surface area contributed by atoms with Gasteiger partial charge in [-0.05, 0) is 42.8 Å². The van der Waals surface area contributed by atoms with Crippen molar-refractivity contribution in [2.45, 2.75) is 6.92 Å². The molecule has 0 aliphatic heterocycles. The van der Waals surface area contributed by atoms with Crippen molar-refractivity contribution in [1.82, 2.24) is 4.98 Å². The molecule has 0 atom stereocenters. The highest BCUT2D eigenvalue weighted by molar-refractivity contribution is 6.30. The molecule has 2 heterocycles. The highest BCUT2D eigenvalue weighted by Gasteiger charge is 2.22. The molecule has 4 nitrogen and oxygen atoms in total. The number of halogens is 1. The molecule has 128 valence electrons. The van der Waals surface area contributed by atoms with Crippen LogP contribution < -0.4 is 5.73 Å². The summed E-state index contributed by atoms with van der Waals surface area (Å²) in [5.74, 6) is -0.194. The molecule has 0 unspecified atom stereocenters. The molecule has 5 heteroatoms. The molecular weight excluding hydrogens is 348 g/mol.